The number of hydrogen-bond acceptors (Lipinski definition) is 3. The van der Waals surface area contributed by atoms with E-state index >= 15 is 0 Å². The number of rotatable bonds is 6. The molecule has 0 amide bonds. The standard InChI is InChI=1S/C14H18F9NO2/c1-10(2,8-3-5-24-6-4-8)26-9(25)7-11(15,16)12(17,18)13(19,20)14(21,22)23/h8,24H,3-7H2,1-2H3. The molecule has 0 aliphatic carbocycles. The van der Waals surface area contributed by atoms with E-state index in [0.29, 0.717) is 25.9 Å². The van der Waals surface area contributed by atoms with Gasteiger partial charge in [0.1, 0.15) is 12.0 Å². The maximum atomic E-state index is 13.5. The summed E-state index contributed by atoms with van der Waals surface area (Å²) >= 11 is 0. The molecular weight excluding hydrogens is 385 g/mol. The molecule has 0 aromatic heterocycles. The van der Waals surface area contributed by atoms with Gasteiger partial charge in [-0.2, -0.15) is 39.5 Å². The molecule has 12 heteroatoms. The SMILES string of the molecule is CC(C)(OC(=O)CC(F)(F)C(F)(F)C(F)(F)C(F)(F)F)C1CCNCC1. The zero-order chi connectivity index (χ0) is 20.6. The Balaban J connectivity index is 2.89. The van der Waals surface area contributed by atoms with Gasteiger partial charge in [0.2, 0.25) is 0 Å². The normalized spacial score (nSPS) is 18.7. The van der Waals surface area contributed by atoms with Crippen molar-refractivity contribution in [1.29, 1.82) is 0 Å². The fourth-order valence-corrected chi connectivity index (χ4v) is 2.63. The Bertz CT molecular complexity index is 511. The minimum Gasteiger partial charge on any atom is -0.459 e. The second-order valence-corrected chi connectivity index (χ2v) is 6.63. The minimum absolute atomic E-state index is 0.321. The first-order chi connectivity index (χ1) is 11.5. The van der Waals surface area contributed by atoms with Crippen LogP contribution in [0.4, 0.5) is 39.5 Å². The van der Waals surface area contributed by atoms with Crippen molar-refractivity contribution in [2.75, 3.05) is 13.1 Å². The van der Waals surface area contributed by atoms with Gasteiger partial charge in [0.15, 0.2) is 0 Å². The lowest BCUT2D eigenvalue weighted by Crippen LogP contribution is -2.61. The summed E-state index contributed by atoms with van der Waals surface area (Å²) in [6.07, 6.45) is -8.59. The monoisotopic (exact) mass is 403 g/mol. The predicted molar refractivity (Wildman–Crippen MR) is 71.3 cm³/mol. The van der Waals surface area contributed by atoms with E-state index in [4.69, 9.17) is 4.74 Å². The largest absolute Gasteiger partial charge is 0.460 e. The lowest BCUT2D eigenvalue weighted by molar-refractivity contribution is -0.396. The minimum atomic E-state index is -7.02. The van der Waals surface area contributed by atoms with Gasteiger partial charge in [-0.3, -0.25) is 4.79 Å². The fourth-order valence-electron chi connectivity index (χ4n) is 2.63. The van der Waals surface area contributed by atoms with E-state index in [-0.39, 0.29) is 5.92 Å². The molecule has 1 aliphatic heterocycles. The molecule has 0 aromatic rings. The zero-order valence-electron chi connectivity index (χ0n) is 13.8. The summed E-state index contributed by atoms with van der Waals surface area (Å²) in [7, 11) is 0. The first-order valence-corrected chi connectivity index (χ1v) is 7.58. The Morgan fingerprint density at radius 3 is 1.81 bits per heavy atom. The van der Waals surface area contributed by atoms with Gasteiger partial charge in [-0.05, 0) is 39.8 Å². The number of carbonyl (C=O) groups excluding carboxylic acids is 1. The van der Waals surface area contributed by atoms with E-state index in [1.54, 1.807) is 0 Å². The number of carbonyl (C=O) groups is 1. The highest BCUT2D eigenvalue weighted by Gasteiger charge is 2.81. The first kappa shape index (κ1) is 22.8. The van der Waals surface area contributed by atoms with Crippen molar-refractivity contribution < 1.29 is 49.0 Å². The smallest absolute Gasteiger partial charge is 0.459 e. The molecule has 1 N–H and O–H groups in total. The Hall–Kier alpha value is -1.20. The second kappa shape index (κ2) is 7.08. The van der Waals surface area contributed by atoms with E-state index in [1.807, 2.05) is 0 Å². The lowest BCUT2D eigenvalue weighted by atomic mass is 9.83. The second-order valence-electron chi connectivity index (χ2n) is 6.63. The average molecular weight is 403 g/mol. The maximum Gasteiger partial charge on any atom is 0.460 e. The summed E-state index contributed by atoms with van der Waals surface area (Å²) in [4.78, 5) is 11.6. The van der Waals surface area contributed by atoms with E-state index in [2.05, 4.69) is 5.32 Å². The molecule has 0 aromatic carbocycles. The molecule has 0 unspecified atom stereocenters. The average Bonchev–Trinajstić information content (AvgIpc) is 2.45. The molecule has 26 heavy (non-hydrogen) atoms. The van der Waals surface area contributed by atoms with Gasteiger partial charge in [0.05, 0.1) is 0 Å². The highest BCUT2D eigenvalue weighted by molar-refractivity contribution is 5.71. The number of hydrogen-bond donors (Lipinski definition) is 1. The van der Waals surface area contributed by atoms with Crippen LogP contribution in [-0.2, 0) is 9.53 Å². The van der Waals surface area contributed by atoms with Crippen LogP contribution in [0.5, 0.6) is 0 Å². The van der Waals surface area contributed by atoms with Gasteiger partial charge < -0.3 is 10.1 Å². The van der Waals surface area contributed by atoms with Crippen molar-refractivity contribution in [1.82, 2.24) is 5.32 Å². The quantitative estimate of drug-likeness (QED) is 0.535. The molecule has 0 atom stereocenters. The van der Waals surface area contributed by atoms with Crippen molar-refractivity contribution >= 4 is 5.97 Å². The van der Waals surface area contributed by atoms with Crippen molar-refractivity contribution in [3.05, 3.63) is 0 Å². The van der Waals surface area contributed by atoms with E-state index in [0.717, 1.165) is 0 Å². The highest BCUT2D eigenvalue weighted by atomic mass is 19.4. The number of ether oxygens (including phenoxy) is 1. The van der Waals surface area contributed by atoms with Gasteiger partial charge in [0.25, 0.3) is 0 Å². The summed E-state index contributed by atoms with van der Waals surface area (Å²) in [5.41, 5.74) is -1.38. The Labute approximate surface area is 143 Å². The molecule has 1 aliphatic rings. The van der Waals surface area contributed by atoms with Gasteiger partial charge >= 0.3 is 29.9 Å². The van der Waals surface area contributed by atoms with Gasteiger partial charge in [-0.1, -0.05) is 0 Å². The summed E-state index contributed by atoms with van der Waals surface area (Å²) < 4.78 is 120. The molecule has 0 spiro atoms. The van der Waals surface area contributed by atoms with Crippen LogP contribution in [0.15, 0.2) is 0 Å². The van der Waals surface area contributed by atoms with Crippen LogP contribution >= 0.6 is 0 Å². The van der Waals surface area contributed by atoms with Crippen molar-refractivity contribution in [2.45, 2.75) is 62.7 Å². The molecule has 0 saturated carbocycles. The number of piperidine rings is 1. The van der Waals surface area contributed by atoms with Gasteiger partial charge in [-0.25, -0.2) is 0 Å². The number of halogens is 9. The molecule has 0 radical (unpaired) electrons. The summed E-state index contributed by atoms with van der Waals surface area (Å²) in [6.45, 7) is 3.69. The van der Waals surface area contributed by atoms with E-state index < -0.39 is 41.9 Å². The molecule has 1 saturated heterocycles. The van der Waals surface area contributed by atoms with Crippen molar-refractivity contribution in [3.63, 3.8) is 0 Å². The molecule has 0 bridgehead atoms. The lowest BCUT2D eigenvalue weighted by Gasteiger charge is -2.37. The number of nitrogens with one attached hydrogen (secondary N) is 1. The molecule has 3 nitrogen and oxygen atoms in total. The Morgan fingerprint density at radius 2 is 1.38 bits per heavy atom. The van der Waals surface area contributed by atoms with Crippen molar-refractivity contribution in [2.24, 2.45) is 5.92 Å². The third-order valence-corrected chi connectivity index (χ3v) is 4.28. The third kappa shape index (κ3) is 4.37. The van der Waals surface area contributed by atoms with Gasteiger partial charge in [0, 0.05) is 5.92 Å². The predicted octanol–water partition coefficient (Wildman–Crippen LogP) is 4.17. The number of esters is 1. The van der Waals surface area contributed by atoms with Crippen LogP contribution in [-0.4, -0.2) is 48.6 Å². The van der Waals surface area contributed by atoms with Crippen LogP contribution in [0.1, 0.15) is 33.1 Å². The van der Waals surface area contributed by atoms with E-state index in [9.17, 15) is 44.3 Å². The van der Waals surface area contributed by atoms with Gasteiger partial charge in [-0.15, -0.1) is 0 Å². The fraction of sp³-hybridized carbons (Fsp3) is 0.929. The summed E-state index contributed by atoms with van der Waals surface area (Å²) in [5.74, 6) is -22.1. The first-order valence-electron chi connectivity index (χ1n) is 7.58. The summed E-state index contributed by atoms with van der Waals surface area (Å²) in [5, 5.41) is 2.98. The Kier molecular flexibility index (Phi) is 6.22. The Morgan fingerprint density at radius 1 is 0.923 bits per heavy atom. The molecule has 1 rings (SSSR count). The molecule has 1 heterocycles. The van der Waals surface area contributed by atoms with Crippen LogP contribution < -0.4 is 5.32 Å². The molecule has 154 valence electrons. The van der Waals surface area contributed by atoms with Crippen LogP contribution in [0.2, 0.25) is 0 Å². The highest BCUT2D eigenvalue weighted by Crippen LogP contribution is 2.54. The number of alkyl halides is 9. The van der Waals surface area contributed by atoms with E-state index in [1.165, 1.54) is 13.8 Å². The van der Waals surface area contributed by atoms with Crippen LogP contribution in [0.25, 0.3) is 0 Å². The zero-order valence-corrected chi connectivity index (χ0v) is 13.8. The molecular formula is C14H18F9NO2. The third-order valence-electron chi connectivity index (χ3n) is 4.28. The van der Waals surface area contributed by atoms with Crippen LogP contribution in [0.3, 0.4) is 0 Å². The van der Waals surface area contributed by atoms with Crippen molar-refractivity contribution in [3.8, 4) is 0 Å². The topological polar surface area (TPSA) is 38.3 Å². The maximum absolute atomic E-state index is 13.5. The summed E-state index contributed by atoms with van der Waals surface area (Å²) in [6, 6.07) is 0. The van der Waals surface area contributed by atoms with Crippen LogP contribution in [0, 0.1) is 5.92 Å². The molecule has 1 fully saturated rings.